The molecule has 8 aromatic carbocycles. The van der Waals surface area contributed by atoms with E-state index >= 15 is 0 Å². The molecule has 0 spiro atoms. The van der Waals surface area contributed by atoms with Gasteiger partial charge in [0.1, 0.15) is 5.69 Å². The van der Waals surface area contributed by atoms with E-state index in [1.165, 1.54) is 5.56 Å². The van der Waals surface area contributed by atoms with Gasteiger partial charge in [-0.3, -0.25) is 4.98 Å². The summed E-state index contributed by atoms with van der Waals surface area (Å²) in [6.07, 6.45) is 5.92. The number of benzene rings is 8. The molecule has 0 aliphatic heterocycles. The van der Waals surface area contributed by atoms with Crippen molar-refractivity contribution < 1.29 is 45.7 Å². The summed E-state index contributed by atoms with van der Waals surface area (Å²) in [4.78, 5) is 34.7. The number of pyridine rings is 1. The molecule has 0 fully saturated rings. The fraction of sp³-hybridized carbons (Fsp3) is 0.0820. The first-order chi connectivity index (χ1) is 32.8. The van der Waals surface area contributed by atoms with Crippen LogP contribution in [0.25, 0.3) is 38.7 Å². The van der Waals surface area contributed by atoms with Gasteiger partial charge in [0.05, 0.1) is 25.3 Å². The Kier molecular flexibility index (Phi) is 20.7. The average molecular weight is 967 g/mol. The Labute approximate surface area is 419 Å². The SMILES string of the molecule is CC([N-]c1c(-c2ccccc2)cc(-c2ccccc2)cc1-c1ccccc1)c1cccc(C(C)([OH2+])Cc2ccccc2)n1.O=[C-]c1ccccc1.O=[C-]c1ccccc1.O=[C-]c1ccccc1.[Zr+4]. The molecule has 7 heteroatoms. The minimum absolute atomic E-state index is 0. The van der Waals surface area contributed by atoms with Gasteiger partial charge in [0.25, 0.3) is 0 Å². The molecule has 2 atom stereocenters. The number of carbonyl (C=O) groups excluding carboxylic acids is 3. The quantitative estimate of drug-likeness (QED) is 0.0899. The van der Waals surface area contributed by atoms with Gasteiger partial charge in [-0.1, -0.05) is 159 Å². The molecule has 332 valence electrons. The number of hydrogen-bond donors (Lipinski definition) is 0. The van der Waals surface area contributed by atoms with Crippen molar-refractivity contribution in [2.75, 3.05) is 0 Å². The summed E-state index contributed by atoms with van der Waals surface area (Å²) in [6, 6.07) is 78.7. The maximum atomic E-state index is 9.88. The van der Waals surface area contributed by atoms with Crippen LogP contribution in [-0.4, -0.2) is 28.9 Å². The van der Waals surface area contributed by atoms with E-state index in [9.17, 15) is 14.4 Å². The van der Waals surface area contributed by atoms with Crippen molar-refractivity contribution in [3.8, 4) is 33.4 Å². The van der Waals surface area contributed by atoms with Crippen LogP contribution >= 0.6 is 0 Å². The molecule has 2 N–H and O–H groups in total. The van der Waals surface area contributed by atoms with Crippen LogP contribution in [0.3, 0.4) is 0 Å². The molecule has 1 aromatic heterocycles. The Morgan fingerprint density at radius 1 is 0.471 bits per heavy atom. The zero-order valence-corrected chi connectivity index (χ0v) is 40.5. The third-order valence-corrected chi connectivity index (χ3v) is 10.5. The molecular formula is C61H51N2O4Zr+. The normalized spacial score (nSPS) is 11.3. The molecular weight excluding hydrogens is 916 g/mol. The van der Waals surface area contributed by atoms with E-state index in [0.29, 0.717) is 23.1 Å². The largest absolute Gasteiger partial charge is 4.00 e. The minimum Gasteiger partial charge on any atom is -0.676 e. The Morgan fingerprint density at radius 2 is 0.824 bits per heavy atom. The van der Waals surface area contributed by atoms with E-state index in [2.05, 4.69) is 104 Å². The standard InChI is InChI=1S/C40H35N2O.3C7H5O.Zr/c1-29(37-24-15-25-38(42-37)40(2,43)28-30-16-7-3-8-17-30)41-39-35(32-20-11-5-12-21-32)26-34(31-18-9-4-10-19-31)27-36(39)33-22-13-6-14-23-33;3*8-6-7-4-2-1-3-5-7;/h3-27,29,43H,28H2,1-2H3;3*1-5H;/q4*-1;+4/p+1. The maximum Gasteiger partial charge on any atom is 4.00 e. The fourth-order valence-corrected chi connectivity index (χ4v) is 7.11. The molecule has 68 heavy (non-hydrogen) atoms. The molecule has 9 aromatic rings. The van der Waals surface area contributed by atoms with Gasteiger partial charge in [0, 0.05) is 12.6 Å². The van der Waals surface area contributed by atoms with Crippen LogP contribution in [0.1, 0.15) is 53.5 Å². The van der Waals surface area contributed by atoms with Crippen LogP contribution in [0.15, 0.2) is 243 Å². The van der Waals surface area contributed by atoms with Crippen LogP contribution in [0.2, 0.25) is 0 Å². The van der Waals surface area contributed by atoms with Crippen LogP contribution in [0.4, 0.5) is 5.69 Å². The summed E-state index contributed by atoms with van der Waals surface area (Å²) in [5.74, 6) is 0. The number of hydrogen-bond acceptors (Lipinski definition) is 4. The van der Waals surface area contributed by atoms with Crippen LogP contribution in [0, 0.1) is 0 Å². The van der Waals surface area contributed by atoms with Crippen LogP contribution in [-0.2, 0) is 52.6 Å². The first-order valence-corrected chi connectivity index (χ1v) is 21.9. The third kappa shape index (κ3) is 15.6. The van der Waals surface area contributed by atoms with Crippen molar-refractivity contribution in [2.45, 2.75) is 31.9 Å². The van der Waals surface area contributed by atoms with Gasteiger partial charge in [-0.05, 0) is 63.2 Å². The summed E-state index contributed by atoms with van der Waals surface area (Å²) < 4.78 is 0. The van der Waals surface area contributed by atoms with Gasteiger partial charge in [0.15, 0.2) is 0 Å². The van der Waals surface area contributed by atoms with Crippen molar-refractivity contribution in [1.29, 1.82) is 0 Å². The van der Waals surface area contributed by atoms with Crippen molar-refractivity contribution in [3.05, 3.63) is 282 Å². The second kappa shape index (κ2) is 27.3. The van der Waals surface area contributed by atoms with Crippen molar-refractivity contribution >= 4 is 24.5 Å². The van der Waals surface area contributed by atoms with Gasteiger partial charge in [0.2, 0.25) is 5.60 Å². The predicted octanol–water partition coefficient (Wildman–Crippen LogP) is 13.5. The van der Waals surface area contributed by atoms with Crippen LogP contribution in [0.5, 0.6) is 0 Å². The van der Waals surface area contributed by atoms with Gasteiger partial charge >= 0.3 is 26.2 Å². The summed E-state index contributed by atoms with van der Waals surface area (Å²) in [5, 5.41) is 14.6. The molecule has 0 aliphatic rings. The monoisotopic (exact) mass is 965 g/mol. The van der Waals surface area contributed by atoms with E-state index in [0.717, 1.165) is 50.5 Å². The second-order valence-electron chi connectivity index (χ2n) is 15.7. The van der Waals surface area contributed by atoms with Gasteiger partial charge < -0.3 is 24.8 Å². The Bertz CT molecular complexity index is 2700. The van der Waals surface area contributed by atoms with Gasteiger partial charge in [-0.15, -0.1) is 42.1 Å². The van der Waals surface area contributed by atoms with Crippen molar-refractivity contribution in [1.82, 2.24) is 4.98 Å². The number of nitrogens with zero attached hydrogens (tertiary/aromatic N) is 2. The maximum absolute atomic E-state index is 9.88. The molecule has 0 saturated heterocycles. The van der Waals surface area contributed by atoms with E-state index < -0.39 is 5.60 Å². The van der Waals surface area contributed by atoms with E-state index in [4.69, 9.17) is 15.4 Å². The van der Waals surface area contributed by atoms with E-state index in [1.807, 2.05) is 79.7 Å². The molecule has 1 heterocycles. The third-order valence-electron chi connectivity index (χ3n) is 10.5. The molecule has 0 bridgehead atoms. The topological polar surface area (TPSA) is 101 Å². The summed E-state index contributed by atoms with van der Waals surface area (Å²) in [5.41, 5.74) is 11.3. The second-order valence-corrected chi connectivity index (χ2v) is 15.7. The summed E-state index contributed by atoms with van der Waals surface area (Å²) in [7, 11) is 0. The van der Waals surface area contributed by atoms with Crippen molar-refractivity contribution in [2.24, 2.45) is 0 Å². The number of aromatic nitrogens is 1. The molecule has 2 unspecified atom stereocenters. The number of rotatable bonds is 12. The molecule has 9 rings (SSSR count). The van der Waals surface area contributed by atoms with Crippen molar-refractivity contribution in [3.63, 3.8) is 0 Å². The zero-order valence-electron chi connectivity index (χ0n) is 38.0. The predicted molar refractivity (Wildman–Crippen MR) is 273 cm³/mol. The first-order valence-electron chi connectivity index (χ1n) is 21.9. The molecule has 6 nitrogen and oxygen atoms in total. The Hall–Kier alpha value is -7.44. The molecule has 0 aliphatic carbocycles. The minimum atomic E-state index is -0.862. The zero-order chi connectivity index (χ0) is 47.1. The van der Waals surface area contributed by atoms with E-state index in [-0.39, 0.29) is 32.2 Å². The van der Waals surface area contributed by atoms with Crippen LogP contribution < -0.4 is 0 Å². The summed E-state index contributed by atoms with van der Waals surface area (Å²) in [6.45, 7) is 4.04. The Morgan fingerprint density at radius 3 is 1.19 bits per heavy atom. The summed E-state index contributed by atoms with van der Waals surface area (Å²) >= 11 is 0. The van der Waals surface area contributed by atoms with E-state index in [1.54, 1.807) is 91.7 Å². The van der Waals surface area contributed by atoms with Gasteiger partial charge in [-0.2, -0.15) is 53.1 Å². The fourth-order valence-electron chi connectivity index (χ4n) is 7.11. The molecule has 0 radical (unpaired) electrons. The average Bonchev–Trinajstić information content (AvgIpc) is 3.41. The smallest absolute Gasteiger partial charge is 0.676 e. The Balaban J connectivity index is 0.000000278. The molecule has 0 amide bonds. The molecule has 0 saturated carbocycles. The van der Waals surface area contributed by atoms with Gasteiger partial charge in [-0.25, -0.2) is 0 Å². The first kappa shape index (κ1) is 51.5.